The van der Waals surface area contributed by atoms with E-state index in [1.807, 2.05) is 21.1 Å². The molecular weight excluding hydrogens is 362 g/mol. The Balaban J connectivity index is 3.67. The average molecular weight is 405 g/mol. The van der Waals surface area contributed by atoms with E-state index in [1.54, 1.807) is 0 Å². The molecule has 0 aliphatic carbocycles. The third-order valence-electron chi connectivity index (χ3n) is 4.67. The monoisotopic (exact) mass is 404 g/mol. The number of unbranched alkanes of at least 4 members (excludes halogenated alkanes) is 11. The molecule has 0 aromatic rings. The summed E-state index contributed by atoms with van der Waals surface area (Å²) in [5.41, 5.74) is 0. The minimum atomic E-state index is -0.452. The number of nitrogens with zero attached hydrogens (tertiary/aromatic N) is 1. The van der Waals surface area contributed by atoms with Crippen LogP contribution in [-0.4, -0.2) is 49.5 Å². The van der Waals surface area contributed by atoms with Crippen molar-refractivity contribution in [3.63, 3.8) is 0 Å². The maximum absolute atomic E-state index is 12.0. The van der Waals surface area contributed by atoms with Crippen LogP contribution in [0.1, 0.15) is 96.8 Å². The second-order valence-corrected chi connectivity index (χ2v) is 9.20. The maximum Gasteiger partial charge on any atom is 0.306 e. The number of ether oxygens (including phenoxy) is 1. The molecule has 0 fully saturated rings. The van der Waals surface area contributed by atoms with E-state index in [1.165, 1.54) is 64.2 Å². The zero-order chi connectivity index (χ0) is 20.5. The van der Waals surface area contributed by atoms with Gasteiger partial charge in [-0.2, -0.15) is 0 Å². The van der Waals surface area contributed by atoms with Crippen LogP contribution in [0.3, 0.4) is 0 Å². The first-order valence-corrected chi connectivity index (χ1v) is 11.3. The van der Waals surface area contributed by atoms with E-state index in [9.17, 15) is 9.59 Å². The van der Waals surface area contributed by atoms with Gasteiger partial charge in [0.05, 0.1) is 27.6 Å². The SMILES string of the molecule is CCCCCCCCCCCCCCC(=O)OC(CC(=O)Cl)C[N+](C)(C)C. The molecule has 160 valence electrons. The number of likely N-dealkylation sites (N-methyl/N-ethyl adjacent to an activating group) is 1. The first-order valence-electron chi connectivity index (χ1n) is 10.9. The second-order valence-electron chi connectivity index (χ2n) is 8.78. The van der Waals surface area contributed by atoms with Crippen LogP contribution in [0.15, 0.2) is 0 Å². The number of halogens is 1. The number of esters is 1. The zero-order valence-corrected chi connectivity index (χ0v) is 19.0. The van der Waals surface area contributed by atoms with Gasteiger partial charge < -0.3 is 9.22 Å². The normalized spacial score (nSPS) is 12.8. The Bertz CT molecular complexity index is 394. The van der Waals surface area contributed by atoms with Gasteiger partial charge in [-0.3, -0.25) is 9.59 Å². The van der Waals surface area contributed by atoms with Crippen molar-refractivity contribution in [2.75, 3.05) is 27.7 Å². The number of quaternary nitrogens is 1. The van der Waals surface area contributed by atoms with Gasteiger partial charge in [0.1, 0.15) is 6.54 Å². The summed E-state index contributed by atoms with van der Waals surface area (Å²) in [7, 11) is 6.01. The molecule has 5 heteroatoms. The summed E-state index contributed by atoms with van der Waals surface area (Å²) < 4.78 is 6.10. The molecule has 0 N–H and O–H groups in total. The molecule has 1 unspecified atom stereocenters. The lowest BCUT2D eigenvalue weighted by molar-refractivity contribution is -0.873. The van der Waals surface area contributed by atoms with Crippen LogP contribution in [0.5, 0.6) is 0 Å². The number of hydrogen-bond donors (Lipinski definition) is 0. The van der Waals surface area contributed by atoms with Crippen molar-refractivity contribution in [1.82, 2.24) is 0 Å². The zero-order valence-electron chi connectivity index (χ0n) is 18.2. The first-order chi connectivity index (χ1) is 12.7. The van der Waals surface area contributed by atoms with Gasteiger partial charge in [0.15, 0.2) is 6.10 Å². The Kier molecular flexibility index (Phi) is 16.0. The number of carbonyl (C=O) groups is 2. The molecule has 27 heavy (non-hydrogen) atoms. The molecule has 0 bridgehead atoms. The molecule has 0 aliphatic rings. The Morgan fingerprint density at radius 1 is 0.815 bits per heavy atom. The molecule has 0 heterocycles. The summed E-state index contributed by atoms with van der Waals surface area (Å²) in [6.45, 7) is 2.84. The standard InChI is InChI=1S/C22H43ClNO3/c1-5-6-7-8-9-10-11-12-13-14-15-16-17-22(26)27-20(18-21(23)25)19-24(2,3)4/h20H,5-19H2,1-4H3/q+1. The quantitative estimate of drug-likeness (QED) is 0.124. The summed E-state index contributed by atoms with van der Waals surface area (Å²) >= 11 is 5.48. The van der Waals surface area contributed by atoms with Crippen LogP contribution in [0.25, 0.3) is 0 Å². The van der Waals surface area contributed by atoms with Crippen molar-refractivity contribution in [3.05, 3.63) is 0 Å². The highest BCUT2D eigenvalue weighted by Crippen LogP contribution is 2.14. The van der Waals surface area contributed by atoms with Crippen LogP contribution in [0.2, 0.25) is 0 Å². The third kappa shape index (κ3) is 19.9. The van der Waals surface area contributed by atoms with E-state index >= 15 is 0 Å². The van der Waals surface area contributed by atoms with Crippen LogP contribution in [0.4, 0.5) is 0 Å². The molecule has 0 aliphatic heterocycles. The van der Waals surface area contributed by atoms with Gasteiger partial charge in [-0.1, -0.05) is 77.6 Å². The molecule has 0 radical (unpaired) electrons. The van der Waals surface area contributed by atoms with Crippen molar-refractivity contribution in [2.24, 2.45) is 0 Å². The van der Waals surface area contributed by atoms with Crippen molar-refractivity contribution in [1.29, 1.82) is 0 Å². The Morgan fingerprint density at radius 3 is 1.67 bits per heavy atom. The predicted molar refractivity (Wildman–Crippen MR) is 114 cm³/mol. The fourth-order valence-electron chi connectivity index (χ4n) is 3.29. The highest BCUT2D eigenvalue weighted by Gasteiger charge is 2.24. The van der Waals surface area contributed by atoms with E-state index in [-0.39, 0.29) is 12.4 Å². The van der Waals surface area contributed by atoms with Crippen molar-refractivity contribution < 1.29 is 18.8 Å². The van der Waals surface area contributed by atoms with Gasteiger partial charge in [0.2, 0.25) is 5.24 Å². The van der Waals surface area contributed by atoms with Crippen molar-refractivity contribution >= 4 is 22.8 Å². The number of rotatable bonds is 18. The smallest absolute Gasteiger partial charge is 0.306 e. The molecule has 0 rings (SSSR count). The molecule has 0 saturated heterocycles. The topological polar surface area (TPSA) is 43.4 Å². The highest BCUT2D eigenvalue weighted by molar-refractivity contribution is 6.63. The third-order valence-corrected chi connectivity index (χ3v) is 4.83. The Hall–Kier alpha value is -0.610. The van der Waals surface area contributed by atoms with Gasteiger partial charge >= 0.3 is 5.97 Å². The Labute approximate surface area is 172 Å². The summed E-state index contributed by atoms with van der Waals surface area (Å²) in [6, 6.07) is 0. The minimum absolute atomic E-state index is 0.0846. The average Bonchev–Trinajstić information content (AvgIpc) is 2.53. The lowest BCUT2D eigenvalue weighted by atomic mass is 10.0. The van der Waals surface area contributed by atoms with E-state index in [4.69, 9.17) is 16.3 Å². The number of hydrogen-bond acceptors (Lipinski definition) is 3. The van der Waals surface area contributed by atoms with Gasteiger partial charge in [0.25, 0.3) is 0 Å². The summed E-state index contributed by atoms with van der Waals surface area (Å²) in [4.78, 5) is 23.2. The van der Waals surface area contributed by atoms with Crippen LogP contribution in [0, 0.1) is 0 Å². The molecule has 0 saturated carbocycles. The molecule has 0 spiro atoms. The molecule has 0 aromatic heterocycles. The number of carbonyl (C=O) groups excluding carboxylic acids is 2. The van der Waals surface area contributed by atoms with Crippen LogP contribution < -0.4 is 0 Å². The summed E-state index contributed by atoms with van der Waals surface area (Å²) in [5, 5.41) is -0.452. The van der Waals surface area contributed by atoms with Crippen LogP contribution >= 0.6 is 11.6 Å². The summed E-state index contributed by atoms with van der Waals surface area (Å²) in [6.07, 6.45) is 15.3. The van der Waals surface area contributed by atoms with E-state index in [0.717, 1.165) is 12.8 Å². The summed E-state index contributed by atoms with van der Waals surface area (Å²) in [5.74, 6) is -0.210. The van der Waals surface area contributed by atoms with Crippen molar-refractivity contribution in [2.45, 2.75) is 103 Å². The fourth-order valence-corrected chi connectivity index (χ4v) is 3.46. The Morgan fingerprint density at radius 2 is 1.26 bits per heavy atom. The predicted octanol–water partition coefficient (Wildman–Crippen LogP) is 5.85. The molecule has 0 aromatic carbocycles. The molecule has 4 nitrogen and oxygen atoms in total. The fraction of sp³-hybridized carbons (Fsp3) is 0.909. The van der Waals surface area contributed by atoms with Gasteiger partial charge in [-0.25, -0.2) is 0 Å². The van der Waals surface area contributed by atoms with E-state index in [0.29, 0.717) is 17.4 Å². The lowest BCUT2D eigenvalue weighted by Gasteiger charge is -2.28. The molecule has 1 atom stereocenters. The maximum atomic E-state index is 12.0. The van der Waals surface area contributed by atoms with Crippen molar-refractivity contribution in [3.8, 4) is 0 Å². The van der Waals surface area contributed by atoms with Crippen LogP contribution in [-0.2, 0) is 14.3 Å². The largest absolute Gasteiger partial charge is 0.456 e. The van der Waals surface area contributed by atoms with Gasteiger partial charge in [-0.05, 0) is 18.0 Å². The van der Waals surface area contributed by atoms with Gasteiger partial charge in [-0.15, -0.1) is 0 Å². The van der Waals surface area contributed by atoms with E-state index < -0.39 is 11.3 Å². The highest BCUT2D eigenvalue weighted by atomic mass is 35.5. The minimum Gasteiger partial charge on any atom is -0.456 e. The molecular formula is C22H43ClNO3+. The van der Waals surface area contributed by atoms with E-state index in [2.05, 4.69) is 6.92 Å². The second kappa shape index (κ2) is 16.4. The molecule has 0 amide bonds. The lowest BCUT2D eigenvalue weighted by Crippen LogP contribution is -2.43. The first kappa shape index (κ1) is 26.4. The van der Waals surface area contributed by atoms with Gasteiger partial charge in [0, 0.05) is 6.42 Å².